The van der Waals surface area contributed by atoms with E-state index in [0.717, 1.165) is 0 Å². The van der Waals surface area contributed by atoms with Gasteiger partial charge in [-0.2, -0.15) is 0 Å². The van der Waals surface area contributed by atoms with Crippen LogP contribution in [0.25, 0.3) is 0 Å². The van der Waals surface area contributed by atoms with Crippen LogP contribution >= 0.6 is 0 Å². The third-order valence-electron chi connectivity index (χ3n) is 2.12. The number of piperidine rings is 1. The molecule has 1 saturated heterocycles. The van der Waals surface area contributed by atoms with Crippen molar-refractivity contribution in [1.29, 1.82) is 0 Å². The molecule has 66 valence electrons. The van der Waals surface area contributed by atoms with Crippen LogP contribution in [0.4, 0.5) is 0 Å². The predicted octanol–water partition coefficient (Wildman–Crippen LogP) is -0.377. The molecule has 1 aliphatic heterocycles. The Labute approximate surface area is 70.5 Å². The van der Waals surface area contributed by atoms with E-state index in [1.165, 1.54) is 11.8 Å². The fourth-order valence-corrected chi connectivity index (χ4v) is 1.28. The van der Waals surface area contributed by atoms with Gasteiger partial charge in [0.1, 0.15) is 5.78 Å². The lowest BCUT2D eigenvalue weighted by atomic mass is 9.92. The summed E-state index contributed by atoms with van der Waals surface area (Å²) in [5, 5.41) is 0. The minimum Gasteiger partial charge on any atom is -0.339 e. The first-order chi connectivity index (χ1) is 5.54. The molecule has 0 bridgehead atoms. The number of ketones is 2. The van der Waals surface area contributed by atoms with Crippen molar-refractivity contribution in [2.45, 2.75) is 13.3 Å². The maximum Gasteiger partial charge on any atom is 0.290 e. The Kier molecular flexibility index (Phi) is 2.26. The smallest absolute Gasteiger partial charge is 0.290 e. The molecule has 1 amide bonds. The van der Waals surface area contributed by atoms with Gasteiger partial charge in [-0.25, -0.2) is 0 Å². The zero-order chi connectivity index (χ0) is 9.30. The molecule has 0 N–H and O–H groups in total. The van der Waals surface area contributed by atoms with Gasteiger partial charge in [0.2, 0.25) is 5.78 Å². The molecule has 0 aromatic rings. The number of likely N-dealkylation sites (tertiary alicyclic amines) is 1. The summed E-state index contributed by atoms with van der Waals surface area (Å²) in [6.07, 6.45) is 0.469. The SMILES string of the molecule is CC(=O)C1CCN(C)C(=O)C1=O. The van der Waals surface area contributed by atoms with Gasteiger partial charge in [-0.3, -0.25) is 14.4 Å². The highest BCUT2D eigenvalue weighted by atomic mass is 16.2. The minimum atomic E-state index is -0.686. The standard InChI is InChI=1S/C8H11NO3/c1-5(10)6-3-4-9(2)8(12)7(6)11/h6H,3-4H2,1-2H3. The lowest BCUT2D eigenvalue weighted by molar-refractivity contribution is -0.151. The molecule has 0 aromatic carbocycles. The van der Waals surface area contributed by atoms with Crippen molar-refractivity contribution < 1.29 is 14.4 Å². The first-order valence-corrected chi connectivity index (χ1v) is 3.84. The number of amides is 1. The van der Waals surface area contributed by atoms with Crippen LogP contribution in [-0.4, -0.2) is 36.0 Å². The van der Waals surface area contributed by atoms with Crippen molar-refractivity contribution in [3.05, 3.63) is 0 Å². The number of Topliss-reactive ketones (excluding diaryl/α,β-unsaturated/α-hetero) is 2. The molecule has 1 heterocycles. The molecule has 0 spiro atoms. The van der Waals surface area contributed by atoms with E-state index in [4.69, 9.17) is 0 Å². The summed E-state index contributed by atoms with van der Waals surface area (Å²) in [5.74, 6) is -1.99. The van der Waals surface area contributed by atoms with Gasteiger partial charge in [-0.15, -0.1) is 0 Å². The Morgan fingerprint density at radius 3 is 2.58 bits per heavy atom. The predicted molar refractivity (Wildman–Crippen MR) is 41.4 cm³/mol. The van der Waals surface area contributed by atoms with Gasteiger partial charge < -0.3 is 4.90 Å². The summed E-state index contributed by atoms with van der Waals surface area (Å²) in [6.45, 7) is 1.84. The van der Waals surface area contributed by atoms with Crippen molar-refractivity contribution in [1.82, 2.24) is 4.90 Å². The van der Waals surface area contributed by atoms with Crippen LogP contribution < -0.4 is 0 Å². The Morgan fingerprint density at radius 2 is 2.08 bits per heavy atom. The molecular weight excluding hydrogens is 158 g/mol. The molecule has 0 saturated carbocycles. The van der Waals surface area contributed by atoms with Crippen molar-refractivity contribution in [2.24, 2.45) is 5.92 Å². The Hall–Kier alpha value is -1.19. The highest BCUT2D eigenvalue weighted by Crippen LogP contribution is 2.14. The number of rotatable bonds is 1. The second-order valence-corrected chi connectivity index (χ2v) is 3.04. The van der Waals surface area contributed by atoms with E-state index in [1.54, 1.807) is 7.05 Å². The first kappa shape index (κ1) is 8.90. The highest BCUT2D eigenvalue weighted by Gasteiger charge is 2.35. The van der Waals surface area contributed by atoms with E-state index in [9.17, 15) is 14.4 Å². The fourth-order valence-electron chi connectivity index (χ4n) is 1.28. The summed E-state index contributed by atoms with van der Waals surface area (Å²) in [4.78, 5) is 34.4. The van der Waals surface area contributed by atoms with Gasteiger partial charge in [0.25, 0.3) is 5.91 Å². The molecular formula is C8H11NO3. The zero-order valence-corrected chi connectivity index (χ0v) is 7.16. The van der Waals surface area contributed by atoms with Crippen LogP contribution in [-0.2, 0) is 14.4 Å². The van der Waals surface area contributed by atoms with Gasteiger partial charge >= 0.3 is 0 Å². The van der Waals surface area contributed by atoms with Crippen LogP contribution in [0.1, 0.15) is 13.3 Å². The maximum atomic E-state index is 11.2. The van der Waals surface area contributed by atoms with Gasteiger partial charge in [0.15, 0.2) is 0 Å². The number of carbonyl (C=O) groups is 3. The van der Waals surface area contributed by atoms with Gasteiger partial charge in [-0.05, 0) is 13.3 Å². The topological polar surface area (TPSA) is 54.5 Å². The van der Waals surface area contributed by atoms with Gasteiger partial charge in [0, 0.05) is 13.6 Å². The van der Waals surface area contributed by atoms with Crippen LogP contribution in [0.15, 0.2) is 0 Å². The number of hydrogen-bond donors (Lipinski definition) is 0. The second-order valence-electron chi connectivity index (χ2n) is 3.04. The summed E-state index contributed by atoms with van der Waals surface area (Å²) in [5.41, 5.74) is 0. The van der Waals surface area contributed by atoms with Crippen LogP contribution in [0.3, 0.4) is 0 Å². The third kappa shape index (κ3) is 1.37. The highest BCUT2D eigenvalue weighted by molar-refractivity contribution is 6.40. The number of hydrogen-bond acceptors (Lipinski definition) is 3. The third-order valence-corrected chi connectivity index (χ3v) is 2.12. The molecule has 0 radical (unpaired) electrons. The average Bonchev–Trinajstić information content (AvgIpc) is 2.00. The molecule has 1 fully saturated rings. The Balaban J connectivity index is 2.79. The zero-order valence-electron chi connectivity index (χ0n) is 7.16. The summed E-state index contributed by atoms with van der Waals surface area (Å²) >= 11 is 0. The summed E-state index contributed by atoms with van der Waals surface area (Å²) in [7, 11) is 1.57. The molecule has 0 aromatic heterocycles. The normalized spacial score (nSPS) is 24.5. The van der Waals surface area contributed by atoms with Crippen molar-refractivity contribution in [3.63, 3.8) is 0 Å². The van der Waals surface area contributed by atoms with Gasteiger partial charge in [-0.1, -0.05) is 0 Å². The lowest BCUT2D eigenvalue weighted by Gasteiger charge is -2.25. The van der Waals surface area contributed by atoms with Gasteiger partial charge in [0.05, 0.1) is 5.92 Å². The lowest BCUT2D eigenvalue weighted by Crippen LogP contribution is -2.45. The number of likely N-dealkylation sites (N-methyl/N-ethyl adjacent to an activating group) is 1. The van der Waals surface area contributed by atoms with Crippen LogP contribution in [0, 0.1) is 5.92 Å². The summed E-state index contributed by atoms with van der Waals surface area (Å²) in [6, 6.07) is 0. The quantitative estimate of drug-likeness (QED) is 0.397. The fraction of sp³-hybridized carbons (Fsp3) is 0.625. The van der Waals surface area contributed by atoms with E-state index in [-0.39, 0.29) is 5.78 Å². The van der Waals surface area contributed by atoms with Crippen LogP contribution in [0.5, 0.6) is 0 Å². The van der Waals surface area contributed by atoms with E-state index in [2.05, 4.69) is 0 Å². The Morgan fingerprint density at radius 1 is 1.50 bits per heavy atom. The summed E-state index contributed by atoms with van der Waals surface area (Å²) < 4.78 is 0. The molecule has 0 aliphatic carbocycles. The van der Waals surface area contributed by atoms with E-state index in [1.807, 2.05) is 0 Å². The average molecular weight is 169 g/mol. The monoisotopic (exact) mass is 169 g/mol. The molecule has 4 nitrogen and oxygen atoms in total. The van der Waals surface area contributed by atoms with Crippen LogP contribution in [0.2, 0.25) is 0 Å². The second kappa shape index (κ2) is 3.05. The first-order valence-electron chi connectivity index (χ1n) is 3.84. The van der Waals surface area contributed by atoms with E-state index >= 15 is 0 Å². The largest absolute Gasteiger partial charge is 0.339 e. The molecule has 4 heteroatoms. The number of carbonyl (C=O) groups excluding carboxylic acids is 3. The molecule has 12 heavy (non-hydrogen) atoms. The van der Waals surface area contributed by atoms with E-state index < -0.39 is 17.6 Å². The molecule has 1 atom stereocenters. The van der Waals surface area contributed by atoms with Crippen molar-refractivity contribution in [2.75, 3.05) is 13.6 Å². The molecule has 1 unspecified atom stereocenters. The number of nitrogens with zero attached hydrogens (tertiary/aromatic N) is 1. The molecule has 1 aliphatic rings. The van der Waals surface area contributed by atoms with Crippen molar-refractivity contribution >= 4 is 17.5 Å². The minimum absolute atomic E-state index is 0.207. The van der Waals surface area contributed by atoms with E-state index in [0.29, 0.717) is 13.0 Å². The maximum absolute atomic E-state index is 11.2. The Bertz CT molecular complexity index is 247. The van der Waals surface area contributed by atoms with Crippen molar-refractivity contribution in [3.8, 4) is 0 Å². The molecule has 1 rings (SSSR count).